The number of nitrogens with two attached hydrogens (primary N) is 1. The smallest absolute Gasteiger partial charge is 0.246 e. The van der Waals surface area contributed by atoms with E-state index < -0.39 is 0 Å². The van der Waals surface area contributed by atoms with Gasteiger partial charge in [0, 0.05) is 18.3 Å². The van der Waals surface area contributed by atoms with Crippen LogP contribution in [-0.2, 0) is 4.79 Å². The van der Waals surface area contributed by atoms with Crippen molar-refractivity contribution in [1.29, 1.82) is 0 Å². The highest BCUT2D eigenvalue weighted by molar-refractivity contribution is 5.92. The van der Waals surface area contributed by atoms with Crippen molar-refractivity contribution in [2.75, 3.05) is 5.01 Å². The van der Waals surface area contributed by atoms with E-state index in [0.717, 1.165) is 24.3 Å². The molecular formula is C9H12N4O. The lowest BCUT2D eigenvalue weighted by Gasteiger charge is -2.27. The van der Waals surface area contributed by atoms with Gasteiger partial charge in [-0.05, 0) is 18.9 Å². The number of rotatable bonds is 2. The van der Waals surface area contributed by atoms with Crippen LogP contribution in [0.2, 0.25) is 0 Å². The van der Waals surface area contributed by atoms with Crippen LogP contribution >= 0.6 is 0 Å². The first-order valence-corrected chi connectivity index (χ1v) is 4.64. The number of amides is 1. The highest BCUT2D eigenvalue weighted by atomic mass is 16.2. The maximum Gasteiger partial charge on any atom is 0.246 e. The Kier molecular flexibility index (Phi) is 2.41. The molecule has 1 aliphatic rings. The Labute approximate surface area is 81.9 Å². The molecule has 2 rings (SSSR count). The van der Waals surface area contributed by atoms with Gasteiger partial charge in [-0.2, -0.15) is 0 Å². The highest BCUT2D eigenvalue weighted by Crippen LogP contribution is 2.28. The lowest BCUT2D eigenvalue weighted by atomic mass is 9.85. The Balaban J connectivity index is 2.07. The van der Waals surface area contributed by atoms with Gasteiger partial charge >= 0.3 is 0 Å². The molecule has 5 heteroatoms. The monoisotopic (exact) mass is 192 g/mol. The van der Waals surface area contributed by atoms with Gasteiger partial charge in [0.25, 0.3) is 0 Å². The summed E-state index contributed by atoms with van der Waals surface area (Å²) in [4.78, 5) is 19.5. The van der Waals surface area contributed by atoms with Crippen LogP contribution in [0.4, 0.5) is 5.95 Å². The fraction of sp³-hybridized carbons (Fsp3) is 0.444. The quantitative estimate of drug-likeness (QED) is 0.420. The number of hydrogen-bond donors (Lipinski definition) is 1. The second kappa shape index (κ2) is 3.71. The summed E-state index contributed by atoms with van der Waals surface area (Å²) in [7, 11) is 0. The Hall–Kier alpha value is -1.49. The second-order valence-electron chi connectivity index (χ2n) is 3.38. The van der Waals surface area contributed by atoms with Crippen LogP contribution in [0.3, 0.4) is 0 Å². The van der Waals surface area contributed by atoms with E-state index in [1.54, 1.807) is 18.5 Å². The minimum absolute atomic E-state index is 0.0730. The van der Waals surface area contributed by atoms with Crippen molar-refractivity contribution in [3.63, 3.8) is 0 Å². The van der Waals surface area contributed by atoms with Crippen molar-refractivity contribution in [2.24, 2.45) is 11.8 Å². The first-order valence-electron chi connectivity index (χ1n) is 4.64. The largest absolute Gasteiger partial charge is 0.273 e. The van der Waals surface area contributed by atoms with Crippen LogP contribution in [-0.4, -0.2) is 15.9 Å². The number of hydrazine groups is 1. The maximum absolute atomic E-state index is 11.6. The van der Waals surface area contributed by atoms with E-state index in [9.17, 15) is 4.79 Å². The fourth-order valence-corrected chi connectivity index (χ4v) is 1.37. The third-order valence-electron chi connectivity index (χ3n) is 2.46. The molecule has 1 heterocycles. The molecule has 0 radical (unpaired) electrons. The van der Waals surface area contributed by atoms with E-state index in [0.29, 0.717) is 0 Å². The van der Waals surface area contributed by atoms with Crippen molar-refractivity contribution >= 4 is 11.9 Å². The molecule has 1 aromatic rings. The van der Waals surface area contributed by atoms with Crippen LogP contribution in [0.5, 0.6) is 0 Å². The van der Waals surface area contributed by atoms with Gasteiger partial charge in [0.2, 0.25) is 11.9 Å². The minimum Gasteiger partial charge on any atom is -0.273 e. The molecule has 0 spiro atoms. The first kappa shape index (κ1) is 9.08. The number of nitrogens with zero attached hydrogens (tertiary/aromatic N) is 3. The second-order valence-corrected chi connectivity index (χ2v) is 3.38. The summed E-state index contributed by atoms with van der Waals surface area (Å²) in [6.07, 6.45) is 6.10. The average Bonchev–Trinajstić information content (AvgIpc) is 2.15. The molecule has 14 heavy (non-hydrogen) atoms. The minimum atomic E-state index is -0.0811. The van der Waals surface area contributed by atoms with Crippen LogP contribution in [0.15, 0.2) is 18.5 Å². The predicted molar refractivity (Wildman–Crippen MR) is 51.0 cm³/mol. The Bertz CT molecular complexity index is 323. The van der Waals surface area contributed by atoms with Crippen LogP contribution < -0.4 is 10.9 Å². The van der Waals surface area contributed by atoms with E-state index in [2.05, 4.69) is 9.97 Å². The van der Waals surface area contributed by atoms with Gasteiger partial charge in [0.15, 0.2) is 0 Å². The lowest BCUT2D eigenvalue weighted by molar-refractivity contribution is -0.124. The number of hydrogen-bond acceptors (Lipinski definition) is 4. The summed E-state index contributed by atoms with van der Waals surface area (Å²) in [6, 6.07) is 1.69. The fourth-order valence-electron chi connectivity index (χ4n) is 1.37. The van der Waals surface area contributed by atoms with Gasteiger partial charge in [-0.25, -0.2) is 20.8 Å². The topological polar surface area (TPSA) is 72.1 Å². The molecule has 1 amide bonds. The number of carbonyl (C=O) groups is 1. The van der Waals surface area contributed by atoms with E-state index in [4.69, 9.17) is 5.84 Å². The van der Waals surface area contributed by atoms with Gasteiger partial charge < -0.3 is 0 Å². The van der Waals surface area contributed by atoms with Crippen molar-refractivity contribution in [2.45, 2.75) is 19.3 Å². The molecular weight excluding hydrogens is 180 g/mol. The zero-order valence-corrected chi connectivity index (χ0v) is 7.76. The zero-order valence-electron chi connectivity index (χ0n) is 7.76. The Morgan fingerprint density at radius 2 is 2.07 bits per heavy atom. The van der Waals surface area contributed by atoms with Gasteiger partial charge in [0.05, 0.1) is 0 Å². The summed E-state index contributed by atoms with van der Waals surface area (Å²) in [5.41, 5.74) is 0. The molecule has 1 fully saturated rings. The molecule has 0 saturated heterocycles. The van der Waals surface area contributed by atoms with Gasteiger partial charge in [-0.3, -0.25) is 4.79 Å². The number of aromatic nitrogens is 2. The molecule has 1 saturated carbocycles. The van der Waals surface area contributed by atoms with E-state index in [-0.39, 0.29) is 17.8 Å². The van der Waals surface area contributed by atoms with Crippen molar-refractivity contribution in [3.8, 4) is 0 Å². The Morgan fingerprint density at radius 3 is 2.57 bits per heavy atom. The maximum atomic E-state index is 11.6. The number of carbonyl (C=O) groups excluding carboxylic acids is 1. The van der Waals surface area contributed by atoms with E-state index in [1.165, 1.54) is 0 Å². The zero-order chi connectivity index (χ0) is 9.97. The Morgan fingerprint density at radius 1 is 1.43 bits per heavy atom. The third-order valence-corrected chi connectivity index (χ3v) is 2.46. The van der Waals surface area contributed by atoms with E-state index >= 15 is 0 Å². The van der Waals surface area contributed by atoms with Crippen molar-refractivity contribution < 1.29 is 4.79 Å². The summed E-state index contributed by atoms with van der Waals surface area (Å²) in [5, 5.41) is 1.05. The van der Waals surface area contributed by atoms with E-state index in [1.807, 2.05) is 0 Å². The first-order chi connectivity index (χ1) is 6.79. The molecule has 0 aromatic carbocycles. The van der Waals surface area contributed by atoms with Crippen LogP contribution in [0.1, 0.15) is 19.3 Å². The lowest BCUT2D eigenvalue weighted by Crippen LogP contribution is -2.44. The summed E-state index contributed by atoms with van der Waals surface area (Å²) < 4.78 is 0. The number of anilines is 1. The molecule has 1 aliphatic carbocycles. The predicted octanol–water partition coefficient (Wildman–Crippen LogP) is 0.483. The normalized spacial score (nSPS) is 16.1. The molecule has 2 N–H and O–H groups in total. The standard InChI is InChI=1S/C9H12N4O/c10-13(8(14)7-3-1-4-7)9-11-5-2-6-12-9/h2,5-7H,1,3-4,10H2. The third kappa shape index (κ3) is 1.58. The van der Waals surface area contributed by atoms with Crippen LogP contribution in [0, 0.1) is 5.92 Å². The molecule has 0 bridgehead atoms. The molecule has 74 valence electrons. The summed E-state index contributed by atoms with van der Waals surface area (Å²) in [5.74, 6) is 5.87. The van der Waals surface area contributed by atoms with Gasteiger partial charge in [0.1, 0.15) is 0 Å². The molecule has 0 unspecified atom stereocenters. The summed E-state index contributed by atoms with van der Waals surface area (Å²) in [6.45, 7) is 0. The van der Waals surface area contributed by atoms with Gasteiger partial charge in [-0.15, -0.1) is 0 Å². The molecule has 0 aliphatic heterocycles. The SMILES string of the molecule is NN(C(=O)C1CCC1)c1ncccn1. The molecule has 1 aromatic heterocycles. The van der Waals surface area contributed by atoms with Crippen LogP contribution in [0.25, 0.3) is 0 Å². The molecule has 0 atom stereocenters. The molecule has 5 nitrogen and oxygen atoms in total. The van der Waals surface area contributed by atoms with Crippen molar-refractivity contribution in [3.05, 3.63) is 18.5 Å². The van der Waals surface area contributed by atoms with Crippen molar-refractivity contribution in [1.82, 2.24) is 9.97 Å². The van der Waals surface area contributed by atoms with Gasteiger partial charge in [-0.1, -0.05) is 6.42 Å². The average molecular weight is 192 g/mol. The highest BCUT2D eigenvalue weighted by Gasteiger charge is 2.29. The summed E-state index contributed by atoms with van der Waals surface area (Å²) >= 11 is 0.